The first-order chi connectivity index (χ1) is 12.8. The molecule has 27 heavy (non-hydrogen) atoms. The van der Waals surface area contributed by atoms with Gasteiger partial charge < -0.3 is 19.5 Å². The molecule has 0 aromatic carbocycles. The molecule has 2 aromatic heterocycles. The number of carbonyl (C=O) groups excluding carboxylic acids is 1. The molecule has 3 rings (SSSR count). The summed E-state index contributed by atoms with van der Waals surface area (Å²) in [6, 6.07) is -0.595. The highest BCUT2D eigenvalue weighted by Crippen LogP contribution is 2.26. The van der Waals surface area contributed by atoms with E-state index < -0.39 is 12.5 Å². The Hall–Kier alpha value is -2.36. The van der Waals surface area contributed by atoms with E-state index in [1.807, 2.05) is 13.8 Å². The first-order valence-corrected chi connectivity index (χ1v) is 9.01. The SMILES string of the molecule is CCn1c(C(F)F)nc2c(NC(C)C(=O)N3C[C@@H](C)O[C@@H](C)C3)ncnc21. The molecule has 0 radical (unpaired) electrons. The van der Waals surface area contributed by atoms with Crippen molar-refractivity contribution in [3.8, 4) is 0 Å². The lowest BCUT2D eigenvalue weighted by atomic mass is 10.2. The fourth-order valence-corrected chi connectivity index (χ4v) is 3.44. The van der Waals surface area contributed by atoms with E-state index in [4.69, 9.17) is 4.74 Å². The molecule has 148 valence electrons. The molecule has 0 saturated carbocycles. The summed E-state index contributed by atoms with van der Waals surface area (Å²) in [5.74, 6) is -0.192. The molecule has 2 aromatic rings. The summed E-state index contributed by atoms with van der Waals surface area (Å²) < 4.78 is 33.5. The Kier molecular flexibility index (Phi) is 5.54. The van der Waals surface area contributed by atoms with Crippen molar-refractivity contribution in [1.29, 1.82) is 0 Å². The minimum Gasteiger partial charge on any atom is -0.372 e. The maximum Gasteiger partial charge on any atom is 0.295 e. The number of aryl methyl sites for hydroxylation is 1. The molecule has 1 N–H and O–H groups in total. The number of amides is 1. The molecule has 8 nitrogen and oxygen atoms in total. The molecule has 1 aliphatic heterocycles. The molecule has 3 heterocycles. The minimum atomic E-state index is -2.72. The van der Waals surface area contributed by atoms with Crippen LogP contribution in [0, 0.1) is 0 Å². The largest absolute Gasteiger partial charge is 0.372 e. The van der Waals surface area contributed by atoms with Crippen molar-refractivity contribution in [1.82, 2.24) is 24.4 Å². The van der Waals surface area contributed by atoms with Gasteiger partial charge in [0.25, 0.3) is 6.43 Å². The third-order valence-corrected chi connectivity index (χ3v) is 4.53. The highest BCUT2D eigenvalue weighted by atomic mass is 19.3. The Morgan fingerprint density at radius 1 is 1.33 bits per heavy atom. The normalized spacial score (nSPS) is 21.7. The van der Waals surface area contributed by atoms with E-state index >= 15 is 0 Å². The number of anilines is 1. The van der Waals surface area contributed by atoms with Gasteiger partial charge in [0.05, 0.1) is 12.2 Å². The van der Waals surface area contributed by atoms with Gasteiger partial charge in [0.15, 0.2) is 22.8 Å². The van der Waals surface area contributed by atoms with E-state index in [0.717, 1.165) is 0 Å². The molecule has 0 aliphatic carbocycles. The van der Waals surface area contributed by atoms with Crippen LogP contribution in [0.2, 0.25) is 0 Å². The Morgan fingerprint density at radius 3 is 2.59 bits per heavy atom. The van der Waals surface area contributed by atoms with E-state index in [1.54, 1.807) is 18.7 Å². The van der Waals surface area contributed by atoms with Crippen molar-refractivity contribution in [3.05, 3.63) is 12.2 Å². The highest BCUT2D eigenvalue weighted by molar-refractivity contribution is 5.89. The maximum atomic E-state index is 13.3. The van der Waals surface area contributed by atoms with Crippen molar-refractivity contribution in [2.75, 3.05) is 18.4 Å². The van der Waals surface area contributed by atoms with Gasteiger partial charge >= 0.3 is 0 Å². The zero-order valence-electron chi connectivity index (χ0n) is 15.8. The van der Waals surface area contributed by atoms with Crippen LogP contribution >= 0.6 is 0 Å². The van der Waals surface area contributed by atoms with Crippen LogP contribution in [0.15, 0.2) is 6.33 Å². The molecule has 0 bridgehead atoms. The predicted octanol–water partition coefficient (Wildman–Crippen LogP) is 2.22. The van der Waals surface area contributed by atoms with Crippen LogP contribution < -0.4 is 5.32 Å². The molecule has 1 fully saturated rings. The van der Waals surface area contributed by atoms with Crippen molar-refractivity contribution < 1.29 is 18.3 Å². The van der Waals surface area contributed by atoms with Gasteiger partial charge in [-0.1, -0.05) is 0 Å². The average Bonchev–Trinajstić information content (AvgIpc) is 3.00. The second-order valence-electron chi connectivity index (χ2n) is 6.78. The van der Waals surface area contributed by atoms with Crippen molar-refractivity contribution in [3.63, 3.8) is 0 Å². The summed E-state index contributed by atoms with van der Waals surface area (Å²) in [6.07, 6.45) is -1.51. The lowest BCUT2D eigenvalue weighted by molar-refractivity contribution is -0.143. The van der Waals surface area contributed by atoms with Crippen LogP contribution in [-0.2, 0) is 16.1 Å². The smallest absolute Gasteiger partial charge is 0.295 e. The lowest BCUT2D eigenvalue weighted by Crippen LogP contribution is -2.52. The number of nitrogens with zero attached hydrogens (tertiary/aromatic N) is 5. The third kappa shape index (κ3) is 3.85. The van der Waals surface area contributed by atoms with E-state index in [1.165, 1.54) is 10.9 Å². The number of hydrogen-bond acceptors (Lipinski definition) is 6. The Labute approximate surface area is 155 Å². The number of hydrogen-bond donors (Lipinski definition) is 1. The number of halogens is 2. The summed E-state index contributed by atoms with van der Waals surface area (Å²) in [7, 11) is 0. The van der Waals surface area contributed by atoms with Gasteiger partial charge in [-0.05, 0) is 27.7 Å². The van der Waals surface area contributed by atoms with E-state index in [2.05, 4.69) is 20.3 Å². The van der Waals surface area contributed by atoms with Gasteiger partial charge in [-0.3, -0.25) is 4.79 Å². The van der Waals surface area contributed by atoms with Gasteiger partial charge in [0.1, 0.15) is 12.4 Å². The molecular weight excluding hydrogens is 358 g/mol. The molecule has 1 saturated heterocycles. The molecule has 3 atom stereocenters. The van der Waals surface area contributed by atoms with Gasteiger partial charge in [0, 0.05) is 19.6 Å². The number of aromatic nitrogens is 4. The zero-order chi connectivity index (χ0) is 19.7. The van der Waals surface area contributed by atoms with Crippen LogP contribution in [0.1, 0.15) is 39.9 Å². The summed E-state index contributed by atoms with van der Waals surface area (Å²) in [5.41, 5.74) is 0.552. The Bertz CT molecular complexity index is 817. The van der Waals surface area contributed by atoms with E-state index in [-0.39, 0.29) is 35.3 Å². The van der Waals surface area contributed by atoms with Crippen LogP contribution in [0.25, 0.3) is 11.2 Å². The number of alkyl halides is 2. The molecule has 1 unspecified atom stereocenters. The number of carbonyl (C=O) groups is 1. The Balaban J connectivity index is 1.84. The molecule has 0 spiro atoms. The number of rotatable bonds is 5. The highest BCUT2D eigenvalue weighted by Gasteiger charge is 2.29. The second-order valence-corrected chi connectivity index (χ2v) is 6.78. The number of nitrogens with one attached hydrogen (secondary N) is 1. The van der Waals surface area contributed by atoms with Gasteiger partial charge in [-0.2, -0.15) is 0 Å². The van der Waals surface area contributed by atoms with Crippen LogP contribution in [-0.4, -0.2) is 61.7 Å². The molecular formula is C17H24F2N6O2. The topological polar surface area (TPSA) is 85.2 Å². The summed E-state index contributed by atoms with van der Waals surface area (Å²) >= 11 is 0. The van der Waals surface area contributed by atoms with E-state index in [9.17, 15) is 13.6 Å². The average molecular weight is 382 g/mol. The Morgan fingerprint density at radius 2 is 2.00 bits per heavy atom. The van der Waals surface area contributed by atoms with Gasteiger partial charge in [-0.25, -0.2) is 23.7 Å². The number of morpholine rings is 1. The monoisotopic (exact) mass is 382 g/mol. The van der Waals surface area contributed by atoms with Crippen molar-refractivity contribution in [2.45, 2.75) is 58.9 Å². The first kappa shape index (κ1) is 19.4. The van der Waals surface area contributed by atoms with Gasteiger partial charge in [-0.15, -0.1) is 0 Å². The van der Waals surface area contributed by atoms with Gasteiger partial charge in [0.2, 0.25) is 5.91 Å². The standard InChI is InChI=1S/C17H24F2N6O2/c1-5-25-15-12(23-16(25)13(18)19)14(20-8-21-15)22-11(4)17(26)24-6-9(2)27-10(3)7-24/h8-11,13H,5-7H2,1-4H3,(H,20,21,22)/t9-,10+,11?. The van der Waals surface area contributed by atoms with Crippen LogP contribution in [0.3, 0.4) is 0 Å². The lowest BCUT2D eigenvalue weighted by Gasteiger charge is -2.36. The summed E-state index contributed by atoms with van der Waals surface area (Å²) in [6.45, 7) is 8.63. The number of fused-ring (bicyclic) bond motifs is 1. The maximum absolute atomic E-state index is 13.3. The summed E-state index contributed by atoms with van der Waals surface area (Å²) in [5, 5.41) is 3.01. The van der Waals surface area contributed by atoms with Crippen molar-refractivity contribution in [2.24, 2.45) is 0 Å². The second kappa shape index (κ2) is 7.71. The minimum absolute atomic E-state index is 0.0375. The fourth-order valence-electron chi connectivity index (χ4n) is 3.44. The molecule has 10 heteroatoms. The predicted molar refractivity (Wildman–Crippen MR) is 95.6 cm³/mol. The molecule has 1 aliphatic rings. The third-order valence-electron chi connectivity index (χ3n) is 4.53. The van der Waals surface area contributed by atoms with Crippen LogP contribution in [0.4, 0.5) is 14.6 Å². The number of ether oxygens (including phenoxy) is 1. The number of imidazole rings is 1. The first-order valence-electron chi connectivity index (χ1n) is 9.01. The quantitative estimate of drug-likeness (QED) is 0.854. The summed E-state index contributed by atoms with van der Waals surface area (Å²) in [4.78, 5) is 26.7. The van der Waals surface area contributed by atoms with E-state index in [0.29, 0.717) is 25.3 Å². The van der Waals surface area contributed by atoms with Crippen molar-refractivity contribution >= 4 is 22.9 Å². The fraction of sp³-hybridized carbons (Fsp3) is 0.647. The van der Waals surface area contributed by atoms with Crippen LogP contribution in [0.5, 0.6) is 0 Å². The molecule has 1 amide bonds. The zero-order valence-corrected chi connectivity index (χ0v) is 15.8.